The highest BCUT2D eigenvalue weighted by Gasteiger charge is 2.17. The highest BCUT2D eigenvalue weighted by atomic mass is 32.2. The molecule has 0 saturated carbocycles. The smallest absolute Gasteiger partial charge is 0.269 e. The number of aliphatic hydroxyl groups excluding tert-OH is 1. The molecule has 1 atom stereocenters. The van der Waals surface area contributed by atoms with Gasteiger partial charge in [0.25, 0.3) is 5.69 Å². The van der Waals surface area contributed by atoms with Crippen LogP contribution in [0.25, 0.3) is 0 Å². The number of nitrogens with one attached hydrogen (secondary N) is 1. The average molecular weight is 312 g/mol. The van der Waals surface area contributed by atoms with Crippen molar-refractivity contribution >= 4 is 23.4 Å². The van der Waals surface area contributed by atoms with Crippen LogP contribution in [0.3, 0.4) is 0 Å². The lowest BCUT2D eigenvalue weighted by Gasteiger charge is -2.12. The van der Waals surface area contributed by atoms with E-state index >= 15 is 0 Å². The van der Waals surface area contributed by atoms with Crippen LogP contribution in [0.1, 0.15) is 24.8 Å². The topological polar surface area (TPSA) is 92.5 Å². The van der Waals surface area contributed by atoms with Gasteiger partial charge in [0, 0.05) is 31.0 Å². The number of aliphatic hydroxyl groups is 1. The zero-order chi connectivity index (χ0) is 15.7. The Morgan fingerprint density at radius 3 is 2.90 bits per heavy atom. The number of hydrogen-bond acceptors (Lipinski definition) is 5. The summed E-state index contributed by atoms with van der Waals surface area (Å²) in [5.41, 5.74) is 0.626. The predicted octanol–water partition coefficient (Wildman–Crippen LogP) is 1.93. The van der Waals surface area contributed by atoms with E-state index in [4.69, 9.17) is 5.11 Å². The van der Waals surface area contributed by atoms with E-state index in [0.717, 1.165) is 17.9 Å². The lowest BCUT2D eigenvalue weighted by atomic mass is 10.00. The number of nitro benzene ring substituents is 1. The Kier molecular flexibility index (Phi) is 7.78. The molecule has 21 heavy (non-hydrogen) atoms. The number of amides is 1. The minimum Gasteiger partial charge on any atom is -0.396 e. The number of hydrogen-bond donors (Lipinski definition) is 2. The summed E-state index contributed by atoms with van der Waals surface area (Å²) in [6, 6.07) is 6.14. The van der Waals surface area contributed by atoms with Crippen LogP contribution in [-0.4, -0.2) is 40.6 Å². The van der Waals surface area contributed by atoms with Gasteiger partial charge in [-0.3, -0.25) is 14.9 Å². The predicted molar refractivity (Wildman–Crippen MR) is 83.5 cm³/mol. The van der Waals surface area contributed by atoms with Crippen molar-refractivity contribution in [3.63, 3.8) is 0 Å². The number of thioether (sulfide) groups is 1. The van der Waals surface area contributed by atoms with E-state index in [9.17, 15) is 14.9 Å². The summed E-state index contributed by atoms with van der Waals surface area (Å²) < 4.78 is 0. The van der Waals surface area contributed by atoms with Crippen LogP contribution in [0.15, 0.2) is 24.3 Å². The molecule has 7 heteroatoms. The second-order valence-electron chi connectivity index (χ2n) is 4.55. The van der Waals surface area contributed by atoms with Crippen LogP contribution in [0, 0.1) is 10.1 Å². The van der Waals surface area contributed by atoms with Crippen molar-refractivity contribution in [2.24, 2.45) is 0 Å². The van der Waals surface area contributed by atoms with Crippen LogP contribution in [0.4, 0.5) is 5.69 Å². The van der Waals surface area contributed by atoms with Gasteiger partial charge in [0.15, 0.2) is 0 Å². The van der Waals surface area contributed by atoms with Gasteiger partial charge in [-0.05, 0) is 24.7 Å². The van der Waals surface area contributed by atoms with Gasteiger partial charge < -0.3 is 10.4 Å². The molecule has 0 aliphatic rings. The van der Waals surface area contributed by atoms with Crippen LogP contribution in [0.5, 0.6) is 0 Å². The zero-order valence-corrected chi connectivity index (χ0v) is 12.8. The molecule has 0 aliphatic carbocycles. The molecule has 6 nitrogen and oxygen atoms in total. The van der Waals surface area contributed by atoms with Gasteiger partial charge in [0.05, 0.1) is 10.8 Å². The van der Waals surface area contributed by atoms with Crippen LogP contribution in [0.2, 0.25) is 0 Å². The number of non-ortho nitro benzene ring substituents is 1. The molecular weight excluding hydrogens is 292 g/mol. The fraction of sp³-hybridized carbons (Fsp3) is 0.500. The maximum Gasteiger partial charge on any atom is 0.269 e. The van der Waals surface area contributed by atoms with Crippen LogP contribution >= 0.6 is 11.8 Å². The Morgan fingerprint density at radius 1 is 1.48 bits per heavy atom. The highest BCUT2D eigenvalue weighted by molar-refractivity contribution is 7.99. The number of carbonyl (C=O) groups is 1. The zero-order valence-electron chi connectivity index (χ0n) is 11.9. The van der Waals surface area contributed by atoms with Gasteiger partial charge in [-0.2, -0.15) is 11.8 Å². The minimum atomic E-state index is -0.466. The summed E-state index contributed by atoms with van der Waals surface area (Å²) in [7, 11) is 0. The van der Waals surface area contributed by atoms with E-state index in [1.165, 1.54) is 12.1 Å². The second-order valence-corrected chi connectivity index (χ2v) is 5.78. The van der Waals surface area contributed by atoms with E-state index in [-0.39, 0.29) is 18.2 Å². The summed E-state index contributed by atoms with van der Waals surface area (Å²) >= 11 is 1.67. The first kappa shape index (κ1) is 17.5. The standard InChI is InChI=1S/C14H20N2O4S/c1-11(12-4-2-5-13(10-12)16(19)20)14(18)15-6-9-21-8-3-7-17/h2,4-5,10-11,17H,3,6-9H2,1H3,(H,15,18). The first-order chi connectivity index (χ1) is 10.1. The summed E-state index contributed by atoms with van der Waals surface area (Å²) in [6.45, 7) is 2.46. The van der Waals surface area contributed by atoms with E-state index in [1.807, 2.05) is 0 Å². The van der Waals surface area contributed by atoms with Gasteiger partial charge in [-0.1, -0.05) is 12.1 Å². The number of nitrogens with zero attached hydrogens (tertiary/aromatic N) is 1. The van der Waals surface area contributed by atoms with Gasteiger partial charge in [-0.15, -0.1) is 0 Å². The molecule has 2 N–H and O–H groups in total. The Hall–Kier alpha value is -1.60. The molecular formula is C14H20N2O4S. The summed E-state index contributed by atoms with van der Waals surface area (Å²) in [5.74, 6) is 1.09. The quantitative estimate of drug-likeness (QED) is 0.413. The van der Waals surface area contributed by atoms with Crippen molar-refractivity contribution in [3.8, 4) is 0 Å². The van der Waals surface area contributed by atoms with E-state index < -0.39 is 10.8 Å². The first-order valence-corrected chi connectivity index (χ1v) is 7.92. The summed E-state index contributed by atoms with van der Waals surface area (Å²) in [4.78, 5) is 22.2. The second kappa shape index (κ2) is 9.36. The van der Waals surface area contributed by atoms with Crippen molar-refractivity contribution < 1.29 is 14.8 Å². The van der Waals surface area contributed by atoms with Crippen molar-refractivity contribution in [1.29, 1.82) is 0 Å². The van der Waals surface area contributed by atoms with Gasteiger partial charge in [0.1, 0.15) is 0 Å². The number of rotatable bonds is 9. The SMILES string of the molecule is CC(C(=O)NCCSCCCO)c1cccc([N+](=O)[O-])c1. The number of nitro groups is 1. The van der Waals surface area contributed by atoms with Crippen molar-refractivity contribution in [2.45, 2.75) is 19.3 Å². The third kappa shape index (κ3) is 6.14. The number of benzene rings is 1. The summed E-state index contributed by atoms with van der Waals surface area (Å²) in [6.07, 6.45) is 0.753. The van der Waals surface area contributed by atoms with E-state index in [1.54, 1.807) is 30.8 Å². The Balaban J connectivity index is 2.43. The molecule has 1 amide bonds. The molecule has 0 saturated heterocycles. The maximum atomic E-state index is 12.0. The highest BCUT2D eigenvalue weighted by Crippen LogP contribution is 2.20. The summed E-state index contributed by atoms with van der Waals surface area (Å²) in [5, 5.41) is 22.2. The molecule has 116 valence electrons. The molecule has 1 unspecified atom stereocenters. The lowest BCUT2D eigenvalue weighted by molar-refractivity contribution is -0.384. The fourth-order valence-electron chi connectivity index (χ4n) is 1.73. The van der Waals surface area contributed by atoms with Gasteiger partial charge in [0.2, 0.25) is 5.91 Å². The Morgan fingerprint density at radius 2 is 2.24 bits per heavy atom. The lowest BCUT2D eigenvalue weighted by Crippen LogP contribution is -2.30. The average Bonchev–Trinajstić information content (AvgIpc) is 2.49. The van der Waals surface area contributed by atoms with Gasteiger partial charge in [-0.25, -0.2) is 0 Å². The van der Waals surface area contributed by atoms with Crippen molar-refractivity contribution in [3.05, 3.63) is 39.9 Å². The first-order valence-electron chi connectivity index (χ1n) is 6.77. The molecule has 0 aliphatic heterocycles. The number of carbonyl (C=O) groups excluding carboxylic acids is 1. The van der Waals surface area contributed by atoms with Crippen molar-refractivity contribution in [2.75, 3.05) is 24.7 Å². The third-order valence-electron chi connectivity index (χ3n) is 2.97. The molecule has 0 fully saturated rings. The van der Waals surface area contributed by atoms with Crippen LogP contribution < -0.4 is 5.32 Å². The largest absolute Gasteiger partial charge is 0.396 e. The molecule has 0 bridgehead atoms. The Bertz CT molecular complexity index is 482. The molecule has 0 radical (unpaired) electrons. The molecule has 1 aromatic carbocycles. The fourth-order valence-corrected chi connectivity index (χ4v) is 2.51. The molecule has 1 aromatic rings. The van der Waals surface area contributed by atoms with E-state index in [0.29, 0.717) is 12.1 Å². The van der Waals surface area contributed by atoms with E-state index in [2.05, 4.69) is 5.32 Å². The van der Waals surface area contributed by atoms with Gasteiger partial charge >= 0.3 is 0 Å². The normalized spacial score (nSPS) is 11.9. The van der Waals surface area contributed by atoms with Crippen molar-refractivity contribution in [1.82, 2.24) is 5.32 Å². The molecule has 0 aromatic heterocycles. The Labute approximate surface area is 128 Å². The molecule has 1 rings (SSSR count). The maximum absolute atomic E-state index is 12.0. The molecule has 0 spiro atoms. The third-order valence-corrected chi connectivity index (χ3v) is 4.04. The molecule has 0 heterocycles. The monoisotopic (exact) mass is 312 g/mol. The minimum absolute atomic E-state index is 0.00768. The van der Waals surface area contributed by atoms with Crippen LogP contribution in [-0.2, 0) is 4.79 Å².